The molecule has 0 fully saturated rings. The molecule has 0 amide bonds. The molecule has 0 aliphatic carbocycles. The Labute approximate surface area is 112 Å². The summed E-state index contributed by atoms with van der Waals surface area (Å²) < 4.78 is 22.4. The molecule has 1 aromatic carbocycles. The molecule has 18 heavy (non-hydrogen) atoms. The molecule has 0 aromatic heterocycles. The van der Waals surface area contributed by atoms with E-state index in [-0.39, 0.29) is 10.6 Å². The molecule has 5 N–H and O–H groups in total. The summed E-state index contributed by atoms with van der Waals surface area (Å²) in [6.45, 7) is 2.96. The minimum absolute atomic E-state index is 0.0368. The Morgan fingerprint density at radius 3 is 2.61 bits per heavy atom. The first-order valence-electron chi connectivity index (χ1n) is 5.49. The zero-order chi connectivity index (χ0) is 13.8. The number of benzene rings is 1. The lowest BCUT2D eigenvalue weighted by atomic mass is 10.2. The Kier molecular flexibility index (Phi) is 5.30. The standard InChI is InChI=1S/C11H19N3O2S2/c1-8(7-17-2)6-14-9-3-4-11(10(12)5-9)18(13,15)16/h3-5,8,14H,6-7,12H2,1-2H3,(H2,13,15,16). The minimum Gasteiger partial charge on any atom is -0.398 e. The van der Waals surface area contributed by atoms with Gasteiger partial charge in [0.15, 0.2) is 0 Å². The summed E-state index contributed by atoms with van der Waals surface area (Å²) in [5, 5.41) is 8.26. The van der Waals surface area contributed by atoms with Crippen molar-refractivity contribution >= 4 is 33.2 Å². The molecule has 102 valence electrons. The minimum atomic E-state index is -3.75. The van der Waals surface area contributed by atoms with Crippen LogP contribution in [-0.2, 0) is 10.0 Å². The summed E-state index contributed by atoms with van der Waals surface area (Å²) >= 11 is 1.79. The van der Waals surface area contributed by atoms with Crippen molar-refractivity contribution in [3.8, 4) is 0 Å². The van der Waals surface area contributed by atoms with Gasteiger partial charge in [0, 0.05) is 12.2 Å². The van der Waals surface area contributed by atoms with Crippen molar-refractivity contribution in [2.24, 2.45) is 11.1 Å². The van der Waals surface area contributed by atoms with E-state index in [0.717, 1.165) is 18.0 Å². The average Bonchev–Trinajstić information content (AvgIpc) is 2.25. The molecule has 0 bridgehead atoms. The molecule has 0 heterocycles. The van der Waals surface area contributed by atoms with E-state index in [4.69, 9.17) is 10.9 Å². The second-order valence-electron chi connectivity index (χ2n) is 4.24. The zero-order valence-corrected chi connectivity index (χ0v) is 12.1. The van der Waals surface area contributed by atoms with Gasteiger partial charge in [0.05, 0.1) is 5.69 Å². The first-order chi connectivity index (χ1) is 8.34. The van der Waals surface area contributed by atoms with E-state index >= 15 is 0 Å². The van der Waals surface area contributed by atoms with Gasteiger partial charge in [-0.15, -0.1) is 0 Å². The second-order valence-corrected chi connectivity index (χ2v) is 6.68. The number of rotatable bonds is 6. The number of nitrogen functional groups attached to an aromatic ring is 1. The van der Waals surface area contributed by atoms with E-state index in [1.54, 1.807) is 23.9 Å². The molecule has 0 saturated carbocycles. The van der Waals surface area contributed by atoms with Gasteiger partial charge in [-0.05, 0) is 36.1 Å². The predicted octanol–water partition coefficient (Wildman–Crippen LogP) is 1.33. The van der Waals surface area contributed by atoms with Crippen LogP contribution < -0.4 is 16.2 Å². The first kappa shape index (κ1) is 15.1. The van der Waals surface area contributed by atoms with Crippen LogP contribution in [0.4, 0.5) is 11.4 Å². The summed E-state index contributed by atoms with van der Waals surface area (Å²) in [4.78, 5) is -0.0368. The number of hydrogen-bond donors (Lipinski definition) is 3. The van der Waals surface area contributed by atoms with Gasteiger partial charge in [0.1, 0.15) is 4.90 Å². The number of hydrogen-bond acceptors (Lipinski definition) is 5. The highest BCUT2D eigenvalue weighted by Crippen LogP contribution is 2.21. The average molecular weight is 289 g/mol. The van der Waals surface area contributed by atoms with Crippen LogP contribution in [0.2, 0.25) is 0 Å². The molecule has 0 saturated heterocycles. The van der Waals surface area contributed by atoms with Crippen LogP contribution in [0.25, 0.3) is 0 Å². The number of nitrogens with two attached hydrogens (primary N) is 2. The molecule has 1 atom stereocenters. The molecule has 7 heteroatoms. The molecule has 5 nitrogen and oxygen atoms in total. The number of anilines is 2. The maximum absolute atomic E-state index is 11.2. The van der Waals surface area contributed by atoms with Crippen molar-refractivity contribution in [1.82, 2.24) is 0 Å². The number of thioether (sulfide) groups is 1. The fourth-order valence-electron chi connectivity index (χ4n) is 1.55. The van der Waals surface area contributed by atoms with Gasteiger partial charge in [-0.3, -0.25) is 0 Å². The van der Waals surface area contributed by atoms with Gasteiger partial charge in [0.25, 0.3) is 0 Å². The van der Waals surface area contributed by atoms with Crippen LogP contribution in [0.1, 0.15) is 6.92 Å². The lowest BCUT2D eigenvalue weighted by Gasteiger charge is -2.13. The van der Waals surface area contributed by atoms with Gasteiger partial charge in [-0.2, -0.15) is 11.8 Å². The fourth-order valence-corrected chi connectivity index (χ4v) is 2.89. The van der Waals surface area contributed by atoms with Crippen molar-refractivity contribution in [2.75, 3.05) is 29.6 Å². The van der Waals surface area contributed by atoms with Crippen LogP contribution in [0, 0.1) is 5.92 Å². The van der Waals surface area contributed by atoms with Crippen molar-refractivity contribution in [2.45, 2.75) is 11.8 Å². The van der Waals surface area contributed by atoms with Gasteiger partial charge >= 0.3 is 0 Å². The Balaban J connectivity index is 2.74. The maximum atomic E-state index is 11.2. The highest BCUT2D eigenvalue weighted by atomic mass is 32.2. The van der Waals surface area contributed by atoms with E-state index in [0.29, 0.717) is 5.92 Å². The van der Waals surface area contributed by atoms with Crippen LogP contribution in [0.5, 0.6) is 0 Å². The summed E-state index contributed by atoms with van der Waals surface area (Å²) in [6, 6.07) is 4.68. The quantitative estimate of drug-likeness (QED) is 0.686. The van der Waals surface area contributed by atoms with Crippen molar-refractivity contribution in [3.05, 3.63) is 18.2 Å². The van der Waals surface area contributed by atoms with E-state index in [1.165, 1.54) is 6.07 Å². The molecule has 1 unspecified atom stereocenters. The van der Waals surface area contributed by atoms with Gasteiger partial charge in [-0.25, -0.2) is 13.6 Å². The van der Waals surface area contributed by atoms with Crippen molar-refractivity contribution in [3.63, 3.8) is 0 Å². The third kappa shape index (κ3) is 4.40. The van der Waals surface area contributed by atoms with Crippen molar-refractivity contribution < 1.29 is 8.42 Å². The van der Waals surface area contributed by atoms with Crippen LogP contribution in [-0.4, -0.2) is 27.0 Å². The maximum Gasteiger partial charge on any atom is 0.240 e. The SMILES string of the molecule is CSCC(C)CNc1ccc(S(N)(=O)=O)c(N)c1. The third-order valence-corrected chi connectivity index (χ3v) is 4.31. The normalized spacial score (nSPS) is 13.3. The molecule has 1 rings (SSSR count). The third-order valence-electron chi connectivity index (χ3n) is 2.42. The number of primary sulfonamides is 1. The summed E-state index contributed by atoms with van der Waals surface area (Å²) in [6.07, 6.45) is 2.06. The summed E-state index contributed by atoms with van der Waals surface area (Å²) in [7, 11) is -3.75. The molecular formula is C11H19N3O2S2. The van der Waals surface area contributed by atoms with Gasteiger partial charge < -0.3 is 11.1 Å². The van der Waals surface area contributed by atoms with E-state index in [1.807, 2.05) is 0 Å². The predicted molar refractivity (Wildman–Crippen MR) is 78.3 cm³/mol. The van der Waals surface area contributed by atoms with Crippen molar-refractivity contribution in [1.29, 1.82) is 0 Å². The Hall–Kier alpha value is -0.920. The number of sulfonamides is 1. The highest BCUT2D eigenvalue weighted by molar-refractivity contribution is 7.98. The second kappa shape index (κ2) is 6.31. The van der Waals surface area contributed by atoms with Gasteiger partial charge in [-0.1, -0.05) is 6.92 Å². The van der Waals surface area contributed by atoms with Crippen LogP contribution >= 0.6 is 11.8 Å². The van der Waals surface area contributed by atoms with E-state index in [9.17, 15) is 8.42 Å². The molecule has 0 aliphatic rings. The summed E-state index contributed by atoms with van der Waals surface area (Å²) in [5.74, 6) is 1.59. The molecular weight excluding hydrogens is 270 g/mol. The molecule has 0 radical (unpaired) electrons. The van der Waals surface area contributed by atoms with Crippen LogP contribution in [0.3, 0.4) is 0 Å². The monoisotopic (exact) mass is 289 g/mol. The van der Waals surface area contributed by atoms with Crippen LogP contribution in [0.15, 0.2) is 23.1 Å². The molecule has 0 aliphatic heterocycles. The van der Waals surface area contributed by atoms with Gasteiger partial charge in [0.2, 0.25) is 10.0 Å². The van der Waals surface area contributed by atoms with E-state index in [2.05, 4.69) is 18.5 Å². The molecule has 0 spiro atoms. The smallest absolute Gasteiger partial charge is 0.240 e. The number of nitrogens with one attached hydrogen (secondary N) is 1. The zero-order valence-electron chi connectivity index (χ0n) is 10.5. The van der Waals surface area contributed by atoms with E-state index < -0.39 is 10.0 Å². The largest absolute Gasteiger partial charge is 0.398 e. The Morgan fingerprint density at radius 1 is 1.44 bits per heavy atom. The fraction of sp³-hybridized carbons (Fsp3) is 0.455. The topological polar surface area (TPSA) is 98.2 Å². The lowest BCUT2D eigenvalue weighted by molar-refractivity contribution is 0.598. The first-order valence-corrected chi connectivity index (χ1v) is 8.43. The Morgan fingerprint density at radius 2 is 2.11 bits per heavy atom. The lowest BCUT2D eigenvalue weighted by Crippen LogP contribution is -2.16. The highest BCUT2D eigenvalue weighted by Gasteiger charge is 2.12. The summed E-state index contributed by atoms with van der Waals surface area (Å²) in [5.41, 5.74) is 6.63. The Bertz CT molecular complexity index is 503. The molecule has 1 aromatic rings.